The van der Waals surface area contributed by atoms with E-state index < -0.39 is 11.9 Å². The maximum atomic E-state index is 13.3. The van der Waals surface area contributed by atoms with Crippen LogP contribution in [0, 0.1) is 5.82 Å². The van der Waals surface area contributed by atoms with Gasteiger partial charge in [0.1, 0.15) is 11.5 Å². The Morgan fingerprint density at radius 2 is 1.83 bits per heavy atom. The van der Waals surface area contributed by atoms with Gasteiger partial charge in [-0.3, -0.25) is 20.1 Å². The monoisotopic (exact) mass is 411 g/mol. The number of nitrogens with zero attached hydrogens (tertiary/aromatic N) is 3. The topological polar surface area (TPSA) is 158 Å². The Bertz CT molecular complexity index is 1020. The fourth-order valence-corrected chi connectivity index (χ4v) is 2.82. The first kappa shape index (κ1) is 20.9. The molecular formula is C20H22FN7O2. The molecule has 0 bridgehead atoms. The van der Waals surface area contributed by atoms with Crippen molar-refractivity contribution in [3.8, 4) is 22.4 Å². The number of aromatic nitrogens is 2. The smallest absolute Gasteiger partial charge is 0.243 e. The molecule has 1 aromatic carbocycles. The zero-order chi connectivity index (χ0) is 21.5. The van der Waals surface area contributed by atoms with Gasteiger partial charge in [-0.1, -0.05) is 5.16 Å². The molecule has 0 unspecified atom stereocenters. The van der Waals surface area contributed by atoms with Crippen molar-refractivity contribution in [2.45, 2.75) is 18.9 Å². The summed E-state index contributed by atoms with van der Waals surface area (Å²) >= 11 is 0. The number of carbonyl (C=O) groups excluding carboxylic acids is 1. The number of nitrogens with two attached hydrogens (primary N) is 3. The van der Waals surface area contributed by atoms with Crippen LogP contribution in [0.3, 0.4) is 0 Å². The van der Waals surface area contributed by atoms with Crippen molar-refractivity contribution in [3.05, 3.63) is 54.6 Å². The van der Waals surface area contributed by atoms with Crippen molar-refractivity contribution in [1.29, 1.82) is 0 Å². The molecule has 0 radical (unpaired) electrons. The van der Waals surface area contributed by atoms with Gasteiger partial charge >= 0.3 is 0 Å². The normalized spacial score (nSPS) is 11.7. The van der Waals surface area contributed by atoms with E-state index in [0.29, 0.717) is 36.2 Å². The standard InChI is InChI=1S/C20H22FN7O2/c21-14-5-3-13(4-6-14)17-16(12-7-10-25-11-8-12)19(30-28-17)27-18(29)15(22)2-1-9-26-20(23)24/h3-8,10-11,15H,1-2,9,22H2,(H,27,29)(H4,23,24,26)/t15-/m0/s1. The first-order chi connectivity index (χ1) is 14.5. The quantitative estimate of drug-likeness (QED) is 0.250. The van der Waals surface area contributed by atoms with E-state index in [4.69, 9.17) is 21.7 Å². The number of guanidine groups is 1. The molecule has 3 rings (SSSR count). The number of hydrogen-bond donors (Lipinski definition) is 4. The fourth-order valence-electron chi connectivity index (χ4n) is 2.82. The Hall–Kier alpha value is -3.79. The van der Waals surface area contributed by atoms with Gasteiger partial charge < -0.3 is 21.7 Å². The van der Waals surface area contributed by atoms with Crippen molar-refractivity contribution in [2.75, 3.05) is 11.9 Å². The second-order valence-electron chi connectivity index (χ2n) is 6.52. The molecule has 0 saturated heterocycles. The van der Waals surface area contributed by atoms with E-state index in [9.17, 15) is 9.18 Å². The van der Waals surface area contributed by atoms with Crippen LogP contribution >= 0.6 is 0 Å². The van der Waals surface area contributed by atoms with Crippen LogP contribution in [-0.2, 0) is 4.79 Å². The molecule has 0 aliphatic heterocycles. The Kier molecular flexibility index (Phi) is 6.71. The molecule has 2 heterocycles. The number of nitrogens with one attached hydrogen (secondary N) is 1. The largest absolute Gasteiger partial charge is 0.370 e. The van der Waals surface area contributed by atoms with Crippen LogP contribution in [0.25, 0.3) is 22.4 Å². The molecule has 0 aliphatic carbocycles. The van der Waals surface area contributed by atoms with Crippen molar-refractivity contribution in [2.24, 2.45) is 22.2 Å². The number of pyridine rings is 1. The maximum Gasteiger partial charge on any atom is 0.243 e. The molecule has 1 atom stereocenters. The average Bonchev–Trinajstić information content (AvgIpc) is 3.15. The summed E-state index contributed by atoms with van der Waals surface area (Å²) in [5.41, 5.74) is 18.9. The van der Waals surface area contributed by atoms with Crippen molar-refractivity contribution in [3.63, 3.8) is 0 Å². The van der Waals surface area contributed by atoms with Crippen LogP contribution in [0.4, 0.5) is 10.3 Å². The second-order valence-corrected chi connectivity index (χ2v) is 6.52. The Labute approximate surface area is 172 Å². The van der Waals surface area contributed by atoms with Gasteiger partial charge in [-0.2, -0.15) is 0 Å². The minimum Gasteiger partial charge on any atom is -0.370 e. The van der Waals surface area contributed by atoms with Gasteiger partial charge in [0.25, 0.3) is 0 Å². The summed E-state index contributed by atoms with van der Waals surface area (Å²) in [4.78, 5) is 20.4. The highest BCUT2D eigenvalue weighted by Gasteiger charge is 2.23. The lowest BCUT2D eigenvalue weighted by Gasteiger charge is -2.11. The zero-order valence-corrected chi connectivity index (χ0v) is 16.1. The van der Waals surface area contributed by atoms with E-state index in [1.807, 2.05) is 0 Å². The summed E-state index contributed by atoms with van der Waals surface area (Å²) < 4.78 is 18.7. The SMILES string of the molecule is NC(N)=NCCC[C@H](N)C(=O)Nc1onc(-c2ccc(F)cc2)c1-c1ccncc1. The highest BCUT2D eigenvalue weighted by Crippen LogP contribution is 2.37. The van der Waals surface area contributed by atoms with Crippen molar-refractivity contribution in [1.82, 2.24) is 10.1 Å². The van der Waals surface area contributed by atoms with Gasteiger partial charge in [0.15, 0.2) is 5.96 Å². The van der Waals surface area contributed by atoms with Gasteiger partial charge in [-0.05, 0) is 54.8 Å². The molecule has 10 heteroatoms. The second kappa shape index (κ2) is 9.61. The summed E-state index contributed by atoms with van der Waals surface area (Å²) in [5, 5.41) is 6.77. The average molecular weight is 411 g/mol. The number of benzene rings is 1. The predicted molar refractivity (Wildman–Crippen MR) is 112 cm³/mol. The van der Waals surface area contributed by atoms with Crippen LogP contribution in [0.1, 0.15) is 12.8 Å². The fraction of sp³-hybridized carbons (Fsp3) is 0.200. The lowest BCUT2D eigenvalue weighted by Crippen LogP contribution is -2.35. The minimum atomic E-state index is -0.788. The lowest BCUT2D eigenvalue weighted by molar-refractivity contribution is -0.117. The number of carbonyl (C=O) groups is 1. The highest BCUT2D eigenvalue weighted by molar-refractivity contribution is 5.99. The number of halogens is 1. The molecule has 3 aromatic rings. The van der Waals surface area contributed by atoms with Gasteiger partial charge in [0, 0.05) is 24.5 Å². The lowest BCUT2D eigenvalue weighted by atomic mass is 10.0. The summed E-state index contributed by atoms with van der Waals surface area (Å²) in [6.07, 6.45) is 4.14. The van der Waals surface area contributed by atoms with E-state index in [1.165, 1.54) is 12.1 Å². The Morgan fingerprint density at radius 1 is 1.13 bits per heavy atom. The predicted octanol–water partition coefficient (Wildman–Crippen LogP) is 1.86. The van der Waals surface area contributed by atoms with Crippen LogP contribution in [0.5, 0.6) is 0 Å². The summed E-state index contributed by atoms with van der Waals surface area (Å²) in [7, 11) is 0. The molecule has 0 aliphatic rings. The van der Waals surface area contributed by atoms with E-state index in [2.05, 4.69) is 20.4 Å². The number of hydrogen-bond acceptors (Lipinski definition) is 6. The molecule has 30 heavy (non-hydrogen) atoms. The van der Waals surface area contributed by atoms with Crippen molar-refractivity contribution >= 4 is 17.8 Å². The first-order valence-electron chi connectivity index (χ1n) is 9.23. The summed E-state index contributed by atoms with van der Waals surface area (Å²) in [6, 6.07) is 8.53. The van der Waals surface area contributed by atoms with Crippen LogP contribution < -0.4 is 22.5 Å². The number of anilines is 1. The molecule has 2 aromatic heterocycles. The third kappa shape index (κ3) is 5.17. The van der Waals surface area contributed by atoms with Crippen LogP contribution in [-0.4, -0.2) is 34.6 Å². The van der Waals surface area contributed by atoms with Gasteiger partial charge in [0.2, 0.25) is 11.8 Å². The molecule has 156 valence electrons. The van der Waals surface area contributed by atoms with Crippen molar-refractivity contribution < 1.29 is 13.7 Å². The van der Waals surface area contributed by atoms with E-state index >= 15 is 0 Å². The van der Waals surface area contributed by atoms with Crippen LogP contribution in [0.2, 0.25) is 0 Å². The van der Waals surface area contributed by atoms with Gasteiger partial charge in [0.05, 0.1) is 11.6 Å². The molecule has 7 N–H and O–H groups in total. The Balaban J connectivity index is 1.83. The minimum absolute atomic E-state index is 0.00926. The third-order valence-electron chi connectivity index (χ3n) is 4.32. The number of rotatable bonds is 8. The maximum absolute atomic E-state index is 13.3. The molecule has 0 saturated carbocycles. The molecule has 0 spiro atoms. The number of amides is 1. The zero-order valence-electron chi connectivity index (χ0n) is 16.1. The number of aliphatic imine (C=N–C) groups is 1. The van der Waals surface area contributed by atoms with Gasteiger partial charge in [-0.25, -0.2) is 4.39 Å². The molecular weight excluding hydrogens is 389 g/mol. The Morgan fingerprint density at radius 3 is 2.50 bits per heavy atom. The summed E-state index contributed by atoms with van der Waals surface area (Å²) in [6.45, 7) is 0.378. The molecule has 1 amide bonds. The van der Waals surface area contributed by atoms with E-state index in [-0.39, 0.29) is 17.7 Å². The van der Waals surface area contributed by atoms with E-state index in [1.54, 1.807) is 36.7 Å². The molecule has 9 nitrogen and oxygen atoms in total. The highest BCUT2D eigenvalue weighted by atomic mass is 19.1. The van der Waals surface area contributed by atoms with E-state index in [0.717, 1.165) is 5.56 Å². The molecule has 0 fully saturated rings. The third-order valence-corrected chi connectivity index (χ3v) is 4.32. The van der Waals surface area contributed by atoms with Crippen LogP contribution in [0.15, 0.2) is 58.3 Å². The summed E-state index contributed by atoms with van der Waals surface area (Å²) in [5.74, 6) is -0.667. The van der Waals surface area contributed by atoms with Gasteiger partial charge in [-0.15, -0.1) is 0 Å². The first-order valence-corrected chi connectivity index (χ1v) is 9.23.